The zero-order valence-corrected chi connectivity index (χ0v) is 9.72. The van der Waals surface area contributed by atoms with Crippen molar-refractivity contribution >= 4 is 22.2 Å². The topological polar surface area (TPSA) is 73.1 Å². The van der Waals surface area contributed by atoms with Crippen LogP contribution >= 0.6 is 12.4 Å². The van der Waals surface area contributed by atoms with Gasteiger partial charge in [0.05, 0.1) is 15.8 Å². The van der Waals surface area contributed by atoms with E-state index in [1.165, 1.54) is 6.20 Å². The van der Waals surface area contributed by atoms with Crippen molar-refractivity contribution in [2.75, 3.05) is 0 Å². The molecule has 84 valence electrons. The minimum Gasteiger partial charge on any atom is -0.325 e. The number of rotatable bonds is 3. The van der Waals surface area contributed by atoms with Gasteiger partial charge in [0.2, 0.25) is 0 Å². The SMILES string of the molecule is Cl.NCc1ccc(S(=O)(=O)C2CC2)cn1. The van der Waals surface area contributed by atoms with Crippen LogP contribution < -0.4 is 5.73 Å². The molecule has 0 spiro atoms. The Hall–Kier alpha value is -0.650. The molecule has 0 atom stereocenters. The number of pyridine rings is 1. The highest BCUT2D eigenvalue weighted by atomic mass is 35.5. The van der Waals surface area contributed by atoms with E-state index in [2.05, 4.69) is 4.98 Å². The zero-order valence-electron chi connectivity index (χ0n) is 8.09. The maximum atomic E-state index is 11.7. The first-order valence-electron chi connectivity index (χ1n) is 4.53. The highest BCUT2D eigenvalue weighted by Crippen LogP contribution is 2.33. The summed E-state index contributed by atoms with van der Waals surface area (Å²) >= 11 is 0. The molecule has 0 aromatic carbocycles. The summed E-state index contributed by atoms with van der Waals surface area (Å²) in [6.07, 6.45) is 2.96. The van der Waals surface area contributed by atoms with Gasteiger partial charge in [-0.15, -0.1) is 12.4 Å². The molecule has 0 bridgehead atoms. The van der Waals surface area contributed by atoms with E-state index in [1.54, 1.807) is 12.1 Å². The maximum Gasteiger partial charge on any atom is 0.182 e. The second-order valence-corrected chi connectivity index (χ2v) is 5.66. The van der Waals surface area contributed by atoms with Crippen LogP contribution in [0.1, 0.15) is 18.5 Å². The predicted molar refractivity (Wildman–Crippen MR) is 59.6 cm³/mol. The van der Waals surface area contributed by atoms with E-state index in [9.17, 15) is 8.42 Å². The summed E-state index contributed by atoms with van der Waals surface area (Å²) in [6, 6.07) is 3.25. The van der Waals surface area contributed by atoms with E-state index in [-0.39, 0.29) is 17.7 Å². The van der Waals surface area contributed by atoms with E-state index in [0.29, 0.717) is 17.1 Å². The normalized spacial score (nSPS) is 15.8. The molecule has 2 rings (SSSR count). The molecule has 1 aromatic rings. The fourth-order valence-electron chi connectivity index (χ4n) is 1.27. The first kappa shape index (κ1) is 12.4. The van der Waals surface area contributed by atoms with Crippen molar-refractivity contribution in [3.05, 3.63) is 24.0 Å². The second-order valence-electron chi connectivity index (χ2n) is 3.43. The standard InChI is InChI=1S/C9H12N2O2S.ClH/c10-5-7-1-2-9(6-11-7)14(12,13)8-3-4-8;/h1-2,6,8H,3-5,10H2;1H. The van der Waals surface area contributed by atoms with E-state index in [0.717, 1.165) is 12.8 Å². The monoisotopic (exact) mass is 248 g/mol. The summed E-state index contributed by atoms with van der Waals surface area (Å²) < 4.78 is 23.4. The van der Waals surface area contributed by atoms with Crippen molar-refractivity contribution in [3.8, 4) is 0 Å². The molecule has 0 radical (unpaired) electrons. The number of aromatic nitrogens is 1. The molecule has 1 aliphatic carbocycles. The van der Waals surface area contributed by atoms with Gasteiger partial charge in [-0.3, -0.25) is 4.98 Å². The molecule has 1 fully saturated rings. The van der Waals surface area contributed by atoms with Crippen LogP contribution in [0, 0.1) is 0 Å². The summed E-state index contributed by atoms with van der Waals surface area (Å²) in [5.41, 5.74) is 6.08. The Bertz CT molecular complexity index is 426. The molecule has 4 nitrogen and oxygen atoms in total. The molecule has 0 aliphatic heterocycles. The highest BCUT2D eigenvalue weighted by Gasteiger charge is 2.36. The van der Waals surface area contributed by atoms with Gasteiger partial charge >= 0.3 is 0 Å². The van der Waals surface area contributed by atoms with E-state index in [1.807, 2.05) is 0 Å². The van der Waals surface area contributed by atoms with Gasteiger partial charge in [-0.05, 0) is 25.0 Å². The van der Waals surface area contributed by atoms with Gasteiger partial charge in [0.1, 0.15) is 0 Å². The van der Waals surface area contributed by atoms with Gasteiger partial charge in [-0.2, -0.15) is 0 Å². The summed E-state index contributed by atoms with van der Waals surface area (Å²) in [7, 11) is -3.09. The Kier molecular flexibility index (Phi) is 3.70. The molecule has 1 aliphatic rings. The molecule has 1 heterocycles. The highest BCUT2D eigenvalue weighted by molar-refractivity contribution is 7.92. The largest absolute Gasteiger partial charge is 0.325 e. The number of nitrogens with zero attached hydrogens (tertiary/aromatic N) is 1. The summed E-state index contributed by atoms with van der Waals surface area (Å²) in [6.45, 7) is 0.337. The van der Waals surface area contributed by atoms with Gasteiger partial charge in [-0.1, -0.05) is 0 Å². The van der Waals surface area contributed by atoms with E-state index >= 15 is 0 Å². The Labute approximate surface area is 95.2 Å². The minimum absolute atomic E-state index is 0. The van der Waals surface area contributed by atoms with Crippen molar-refractivity contribution in [2.24, 2.45) is 5.73 Å². The average Bonchev–Trinajstić information content (AvgIpc) is 3.01. The molecule has 2 N–H and O–H groups in total. The van der Waals surface area contributed by atoms with Crippen LogP contribution in [0.5, 0.6) is 0 Å². The van der Waals surface area contributed by atoms with E-state index in [4.69, 9.17) is 5.73 Å². The molecular weight excluding hydrogens is 236 g/mol. The van der Waals surface area contributed by atoms with Gasteiger partial charge in [0, 0.05) is 12.7 Å². The minimum atomic E-state index is -3.09. The quantitative estimate of drug-likeness (QED) is 0.863. The number of sulfone groups is 1. The first-order chi connectivity index (χ1) is 6.64. The summed E-state index contributed by atoms with van der Waals surface area (Å²) in [4.78, 5) is 4.29. The molecule has 0 amide bonds. The van der Waals surface area contributed by atoms with Gasteiger partial charge < -0.3 is 5.73 Å². The van der Waals surface area contributed by atoms with Crippen molar-refractivity contribution in [2.45, 2.75) is 29.5 Å². The molecule has 1 saturated carbocycles. The lowest BCUT2D eigenvalue weighted by Gasteiger charge is -2.02. The Balaban J connectivity index is 0.00000112. The maximum absolute atomic E-state index is 11.7. The van der Waals surface area contributed by atoms with Crippen molar-refractivity contribution in [1.82, 2.24) is 4.98 Å². The Morgan fingerprint density at radius 2 is 2.07 bits per heavy atom. The first-order valence-corrected chi connectivity index (χ1v) is 6.08. The molecule has 1 aromatic heterocycles. The smallest absolute Gasteiger partial charge is 0.182 e. The molecule has 15 heavy (non-hydrogen) atoms. The van der Waals surface area contributed by atoms with Crippen LogP contribution in [0.25, 0.3) is 0 Å². The summed E-state index contributed by atoms with van der Waals surface area (Å²) in [5.74, 6) is 0. The number of nitrogens with two attached hydrogens (primary N) is 1. The van der Waals surface area contributed by atoms with E-state index < -0.39 is 9.84 Å². The summed E-state index contributed by atoms with van der Waals surface area (Å²) in [5, 5.41) is -0.173. The van der Waals surface area contributed by atoms with Crippen LogP contribution in [0.4, 0.5) is 0 Å². The third kappa shape index (κ3) is 2.48. The van der Waals surface area contributed by atoms with Crippen molar-refractivity contribution < 1.29 is 8.42 Å². The molecule has 6 heteroatoms. The predicted octanol–water partition coefficient (Wildman–Crippen LogP) is 0.898. The number of halogens is 1. The second kappa shape index (κ2) is 4.47. The van der Waals surface area contributed by atoms with Crippen LogP contribution in [0.3, 0.4) is 0 Å². The van der Waals surface area contributed by atoms with Crippen molar-refractivity contribution in [1.29, 1.82) is 0 Å². The lowest BCUT2D eigenvalue weighted by molar-refractivity contribution is 0.594. The molecular formula is C9H13ClN2O2S. The van der Waals surface area contributed by atoms with Gasteiger partial charge in [0.25, 0.3) is 0 Å². The van der Waals surface area contributed by atoms with Crippen LogP contribution in [-0.4, -0.2) is 18.7 Å². The lowest BCUT2D eigenvalue weighted by atomic mass is 10.4. The van der Waals surface area contributed by atoms with Crippen LogP contribution in [0.15, 0.2) is 23.2 Å². The Morgan fingerprint density at radius 1 is 1.40 bits per heavy atom. The third-order valence-electron chi connectivity index (χ3n) is 2.30. The molecule has 0 saturated heterocycles. The third-order valence-corrected chi connectivity index (χ3v) is 4.55. The van der Waals surface area contributed by atoms with Crippen LogP contribution in [-0.2, 0) is 16.4 Å². The fraction of sp³-hybridized carbons (Fsp3) is 0.444. The number of hydrogen-bond acceptors (Lipinski definition) is 4. The van der Waals surface area contributed by atoms with Gasteiger partial charge in [-0.25, -0.2) is 8.42 Å². The lowest BCUT2D eigenvalue weighted by Crippen LogP contribution is -2.08. The fourth-order valence-corrected chi connectivity index (χ4v) is 2.87. The number of hydrogen-bond donors (Lipinski definition) is 1. The molecule has 0 unspecified atom stereocenters. The van der Waals surface area contributed by atoms with Crippen LogP contribution in [0.2, 0.25) is 0 Å². The van der Waals surface area contributed by atoms with Crippen molar-refractivity contribution in [3.63, 3.8) is 0 Å². The van der Waals surface area contributed by atoms with Gasteiger partial charge in [0.15, 0.2) is 9.84 Å². The average molecular weight is 249 g/mol. The Morgan fingerprint density at radius 3 is 2.47 bits per heavy atom. The zero-order chi connectivity index (χ0) is 10.2.